The van der Waals surface area contributed by atoms with E-state index in [-0.39, 0.29) is 0 Å². The molecule has 3 rings (SSSR count). The lowest BCUT2D eigenvalue weighted by molar-refractivity contribution is -0.396. The molecule has 0 atom stereocenters. The van der Waals surface area contributed by atoms with Crippen molar-refractivity contribution < 1.29 is 9.78 Å². The van der Waals surface area contributed by atoms with Crippen LogP contribution in [0.25, 0.3) is 0 Å². The first-order valence-electron chi connectivity index (χ1n) is 3.27. The van der Waals surface area contributed by atoms with Crippen LogP contribution in [0.5, 0.6) is 0 Å². The van der Waals surface area contributed by atoms with Crippen molar-refractivity contribution in [1.82, 2.24) is 0 Å². The predicted octanol–water partition coefficient (Wildman–Crippen LogP) is 1.26. The molecule has 2 heterocycles. The minimum absolute atomic E-state index is 0.431. The van der Waals surface area contributed by atoms with Gasteiger partial charge in [0.15, 0.2) is 0 Å². The second-order valence-corrected chi connectivity index (χ2v) is 2.59. The van der Waals surface area contributed by atoms with Gasteiger partial charge in [-0.3, -0.25) is 0 Å². The summed E-state index contributed by atoms with van der Waals surface area (Å²) in [5.74, 6) is 0. The van der Waals surface area contributed by atoms with E-state index in [4.69, 9.17) is 9.78 Å². The average Bonchev–Trinajstić information content (AvgIpc) is 1.92. The third-order valence-corrected chi connectivity index (χ3v) is 1.95. The number of rotatable bonds is 0. The molecule has 0 aromatic rings. The van der Waals surface area contributed by atoms with Crippen molar-refractivity contribution in [3.05, 3.63) is 0 Å². The largest absolute Gasteiger partial charge is 0.233 e. The molecular formula is C6H10O2. The van der Waals surface area contributed by atoms with Gasteiger partial charge in [-0.05, 0) is 25.7 Å². The first kappa shape index (κ1) is 4.77. The van der Waals surface area contributed by atoms with E-state index in [1.165, 1.54) is 25.7 Å². The standard InChI is InChI=1S/C6H10O2/c1-2-6-4-3-5(1)7-8-6/h5-6H,1-4H2. The zero-order valence-corrected chi connectivity index (χ0v) is 4.80. The fourth-order valence-corrected chi connectivity index (χ4v) is 1.38. The van der Waals surface area contributed by atoms with Crippen LogP contribution in [0.15, 0.2) is 0 Å². The van der Waals surface area contributed by atoms with Crippen LogP contribution in [-0.4, -0.2) is 12.2 Å². The zero-order valence-electron chi connectivity index (χ0n) is 4.80. The normalized spacial score (nSPS) is 45.0. The van der Waals surface area contributed by atoms with Gasteiger partial charge >= 0.3 is 0 Å². The highest BCUT2D eigenvalue weighted by Gasteiger charge is 2.29. The van der Waals surface area contributed by atoms with Gasteiger partial charge < -0.3 is 0 Å². The van der Waals surface area contributed by atoms with Crippen molar-refractivity contribution >= 4 is 0 Å². The molecule has 8 heavy (non-hydrogen) atoms. The molecule has 0 aromatic carbocycles. The van der Waals surface area contributed by atoms with E-state index in [0.717, 1.165) is 0 Å². The molecule has 3 aliphatic rings. The van der Waals surface area contributed by atoms with Gasteiger partial charge in [0.1, 0.15) is 0 Å². The molecule has 1 aliphatic carbocycles. The Morgan fingerprint density at radius 2 is 1.12 bits per heavy atom. The second-order valence-electron chi connectivity index (χ2n) is 2.59. The van der Waals surface area contributed by atoms with E-state index in [2.05, 4.69) is 0 Å². The lowest BCUT2D eigenvalue weighted by atomic mass is 9.94. The molecular weight excluding hydrogens is 104 g/mol. The summed E-state index contributed by atoms with van der Waals surface area (Å²) in [6, 6.07) is 0. The molecule has 0 radical (unpaired) electrons. The zero-order chi connectivity index (χ0) is 5.40. The van der Waals surface area contributed by atoms with E-state index in [9.17, 15) is 0 Å². The molecule has 0 aromatic heterocycles. The maximum Gasteiger partial charge on any atom is 0.0932 e. The monoisotopic (exact) mass is 114 g/mol. The maximum absolute atomic E-state index is 4.98. The fourth-order valence-electron chi connectivity index (χ4n) is 1.38. The molecule has 2 nitrogen and oxygen atoms in total. The van der Waals surface area contributed by atoms with Gasteiger partial charge in [0.05, 0.1) is 12.2 Å². The van der Waals surface area contributed by atoms with Crippen molar-refractivity contribution in [1.29, 1.82) is 0 Å². The second kappa shape index (κ2) is 1.71. The Labute approximate surface area is 48.7 Å². The first-order valence-corrected chi connectivity index (χ1v) is 3.27. The summed E-state index contributed by atoms with van der Waals surface area (Å²) in [6.45, 7) is 0. The smallest absolute Gasteiger partial charge is 0.0932 e. The molecule has 2 saturated heterocycles. The first-order chi connectivity index (χ1) is 3.95. The summed E-state index contributed by atoms with van der Waals surface area (Å²) >= 11 is 0. The van der Waals surface area contributed by atoms with Crippen LogP contribution in [0.1, 0.15) is 25.7 Å². The highest BCUT2D eigenvalue weighted by Crippen LogP contribution is 2.29. The van der Waals surface area contributed by atoms with E-state index < -0.39 is 0 Å². The van der Waals surface area contributed by atoms with E-state index >= 15 is 0 Å². The minimum Gasteiger partial charge on any atom is -0.233 e. The molecule has 3 fully saturated rings. The number of fused-ring (bicyclic) bond motifs is 3. The van der Waals surface area contributed by atoms with Gasteiger partial charge in [0.25, 0.3) is 0 Å². The Kier molecular flexibility index (Phi) is 1.02. The summed E-state index contributed by atoms with van der Waals surface area (Å²) in [4.78, 5) is 9.95. The van der Waals surface area contributed by atoms with Crippen LogP contribution >= 0.6 is 0 Å². The highest BCUT2D eigenvalue weighted by atomic mass is 17.2. The summed E-state index contributed by atoms with van der Waals surface area (Å²) in [5.41, 5.74) is 0. The third kappa shape index (κ3) is 0.644. The van der Waals surface area contributed by atoms with Gasteiger partial charge in [0.2, 0.25) is 0 Å². The van der Waals surface area contributed by atoms with Crippen LogP contribution in [0.2, 0.25) is 0 Å². The average molecular weight is 114 g/mol. The Hall–Kier alpha value is -0.0800. The third-order valence-electron chi connectivity index (χ3n) is 1.95. The lowest BCUT2D eigenvalue weighted by Gasteiger charge is -2.33. The summed E-state index contributed by atoms with van der Waals surface area (Å²) < 4.78 is 0. The molecule has 0 N–H and O–H groups in total. The molecule has 0 unspecified atom stereocenters. The Morgan fingerprint density at radius 3 is 1.25 bits per heavy atom. The molecule has 2 bridgehead atoms. The van der Waals surface area contributed by atoms with Crippen molar-refractivity contribution in [2.24, 2.45) is 0 Å². The van der Waals surface area contributed by atoms with Crippen molar-refractivity contribution in [3.8, 4) is 0 Å². The SMILES string of the molecule is C1CC2CCC1OO2. The van der Waals surface area contributed by atoms with Gasteiger partial charge in [0, 0.05) is 0 Å². The van der Waals surface area contributed by atoms with E-state index in [1.807, 2.05) is 0 Å². The summed E-state index contributed by atoms with van der Waals surface area (Å²) in [5, 5.41) is 0. The van der Waals surface area contributed by atoms with Gasteiger partial charge in [-0.2, -0.15) is 0 Å². The van der Waals surface area contributed by atoms with Crippen LogP contribution in [0.4, 0.5) is 0 Å². The Balaban J connectivity index is 2.03. The van der Waals surface area contributed by atoms with E-state index in [0.29, 0.717) is 12.2 Å². The van der Waals surface area contributed by atoms with Crippen LogP contribution in [0.3, 0.4) is 0 Å². The van der Waals surface area contributed by atoms with Crippen LogP contribution in [-0.2, 0) is 9.78 Å². The summed E-state index contributed by atoms with van der Waals surface area (Å²) in [6.07, 6.45) is 5.71. The number of hydrogen-bond donors (Lipinski definition) is 0. The van der Waals surface area contributed by atoms with Crippen molar-refractivity contribution in [3.63, 3.8) is 0 Å². The summed E-state index contributed by atoms with van der Waals surface area (Å²) in [7, 11) is 0. The maximum atomic E-state index is 4.98. The Bertz CT molecular complexity index is 61.5. The number of hydrogen-bond acceptors (Lipinski definition) is 2. The van der Waals surface area contributed by atoms with Gasteiger partial charge in [-0.1, -0.05) is 0 Å². The van der Waals surface area contributed by atoms with Crippen LogP contribution < -0.4 is 0 Å². The quantitative estimate of drug-likeness (QED) is 0.441. The molecule has 0 amide bonds. The molecule has 2 aliphatic heterocycles. The molecule has 46 valence electrons. The van der Waals surface area contributed by atoms with Gasteiger partial charge in [-0.25, -0.2) is 9.78 Å². The lowest BCUT2D eigenvalue weighted by Crippen LogP contribution is -2.34. The van der Waals surface area contributed by atoms with Crippen LogP contribution in [0, 0.1) is 0 Å². The van der Waals surface area contributed by atoms with Gasteiger partial charge in [-0.15, -0.1) is 0 Å². The Morgan fingerprint density at radius 1 is 0.750 bits per heavy atom. The molecule has 2 heteroatoms. The van der Waals surface area contributed by atoms with Crippen molar-refractivity contribution in [2.75, 3.05) is 0 Å². The molecule has 1 saturated carbocycles. The molecule has 0 spiro atoms. The topological polar surface area (TPSA) is 18.5 Å². The fraction of sp³-hybridized carbons (Fsp3) is 1.00. The van der Waals surface area contributed by atoms with Crippen molar-refractivity contribution in [2.45, 2.75) is 37.9 Å². The predicted molar refractivity (Wildman–Crippen MR) is 28.2 cm³/mol. The highest BCUT2D eigenvalue weighted by molar-refractivity contribution is 4.74. The minimum atomic E-state index is 0.431. The van der Waals surface area contributed by atoms with E-state index in [1.54, 1.807) is 0 Å².